The molecule has 2 rings (SSSR count). The molecule has 4 nitrogen and oxygen atoms in total. The first-order valence-electron chi connectivity index (χ1n) is 7.81. The van der Waals surface area contributed by atoms with Gasteiger partial charge in [-0.3, -0.25) is 4.79 Å². The molecular weight excluding hydrogens is 283 g/mol. The molecule has 0 saturated carbocycles. The molecule has 1 aliphatic rings. The number of rotatable bonds is 5. The molecule has 0 aromatic heterocycles. The smallest absolute Gasteiger partial charge is 0.222 e. The Hall–Kier alpha value is -1.46. The molecule has 1 fully saturated rings. The number of likely N-dealkylation sites (tertiary alicyclic amines) is 1. The molecular formula is C17H25FN2O2. The van der Waals surface area contributed by atoms with Crippen LogP contribution < -0.4 is 0 Å². The second kappa shape index (κ2) is 7.70. The van der Waals surface area contributed by atoms with E-state index in [-0.39, 0.29) is 11.7 Å². The molecule has 1 N–H and O–H groups in total. The van der Waals surface area contributed by atoms with Crippen LogP contribution in [-0.4, -0.2) is 54.5 Å². The number of piperidine rings is 1. The Bertz CT molecular complexity index is 482. The molecule has 1 unspecified atom stereocenters. The summed E-state index contributed by atoms with van der Waals surface area (Å²) in [6.45, 7) is 2.34. The van der Waals surface area contributed by atoms with Crippen molar-refractivity contribution < 1.29 is 14.3 Å². The molecule has 0 aliphatic carbocycles. The van der Waals surface area contributed by atoms with E-state index >= 15 is 0 Å². The van der Waals surface area contributed by atoms with Crippen LogP contribution in [0.2, 0.25) is 0 Å². The predicted molar refractivity (Wildman–Crippen MR) is 83.8 cm³/mol. The van der Waals surface area contributed by atoms with Gasteiger partial charge in [0, 0.05) is 27.1 Å². The highest BCUT2D eigenvalue weighted by Gasteiger charge is 2.23. The van der Waals surface area contributed by atoms with E-state index in [0.29, 0.717) is 18.9 Å². The van der Waals surface area contributed by atoms with Gasteiger partial charge >= 0.3 is 0 Å². The Morgan fingerprint density at radius 3 is 2.45 bits per heavy atom. The van der Waals surface area contributed by atoms with Crippen LogP contribution in [0.3, 0.4) is 0 Å². The van der Waals surface area contributed by atoms with Gasteiger partial charge in [0.25, 0.3) is 0 Å². The minimum Gasteiger partial charge on any atom is -0.387 e. The van der Waals surface area contributed by atoms with Gasteiger partial charge in [-0.2, -0.15) is 0 Å². The fourth-order valence-corrected chi connectivity index (χ4v) is 2.84. The van der Waals surface area contributed by atoms with Crippen molar-refractivity contribution in [3.8, 4) is 0 Å². The summed E-state index contributed by atoms with van der Waals surface area (Å²) < 4.78 is 12.9. The lowest BCUT2D eigenvalue weighted by Gasteiger charge is -2.33. The van der Waals surface area contributed by atoms with E-state index in [4.69, 9.17) is 0 Å². The van der Waals surface area contributed by atoms with Crippen LogP contribution in [0.5, 0.6) is 0 Å². The number of aliphatic hydroxyl groups excluding tert-OH is 1. The lowest BCUT2D eigenvalue weighted by atomic mass is 9.92. The van der Waals surface area contributed by atoms with Gasteiger partial charge in [0.1, 0.15) is 5.82 Å². The Labute approximate surface area is 131 Å². The molecule has 1 saturated heterocycles. The predicted octanol–water partition coefficient (Wildman–Crippen LogP) is 2.05. The van der Waals surface area contributed by atoms with Crippen LogP contribution in [0.25, 0.3) is 0 Å². The highest BCUT2D eigenvalue weighted by molar-refractivity contribution is 5.75. The van der Waals surface area contributed by atoms with Crippen LogP contribution in [0.1, 0.15) is 30.9 Å². The fourth-order valence-electron chi connectivity index (χ4n) is 2.84. The summed E-state index contributed by atoms with van der Waals surface area (Å²) in [5.41, 5.74) is 0.742. The number of hydrogen-bond donors (Lipinski definition) is 1. The van der Waals surface area contributed by atoms with Crippen LogP contribution in [0.15, 0.2) is 24.3 Å². The third-order valence-corrected chi connectivity index (χ3v) is 4.36. The van der Waals surface area contributed by atoms with E-state index in [2.05, 4.69) is 4.90 Å². The fraction of sp³-hybridized carbons (Fsp3) is 0.588. The zero-order valence-electron chi connectivity index (χ0n) is 13.3. The molecule has 1 aromatic carbocycles. The molecule has 22 heavy (non-hydrogen) atoms. The third-order valence-electron chi connectivity index (χ3n) is 4.36. The maximum atomic E-state index is 12.9. The normalized spacial score (nSPS) is 18.2. The summed E-state index contributed by atoms with van der Waals surface area (Å²) in [7, 11) is 3.58. The number of halogens is 1. The minimum atomic E-state index is -0.597. The molecule has 5 heteroatoms. The van der Waals surface area contributed by atoms with E-state index in [0.717, 1.165) is 31.5 Å². The number of amides is 1. The van der Waals surface area contributed by atoms with Gasteiger partial charge < -0.3 is 14.9 Å². The molecule has 1 atom stereocenters. The van der Waals surface area contributed by atoms with Crippen molar-refractivity contribution in [1.29, 1.82) is 0 Å². The highest BCUT2D eigenvalue weighted by atomic mass is 19.1. The van der Waals surface area contributed by atoms with Crippen molar-refractivity contribution >= 4 is 5.91 Å². The van der Waals surface area contributed by atoms with Crippen LogP contribution in [0, 0.1) is 11.7 Å². The van der Waals surface area contributed by atoms with Crippen molar-refractivity contribution in [2.75, 3.05) is 33.7 Å². The van der Waals surface area contributed by atoms with Gasteiger partial charge in [0.15, 0.2) is 0 Å². The molecule has 0 bridgehead atoms. The maximum absolute atomic E-state index is 12.9. The molecule has 122 valence electrons. The Kier molecular flexibility index (Phi) is 5.91. The number of nitrogens with zero attached hydrogens (tertiary/aromatic N) is 2. The average Bonchev–Trinajstić information content (AvgIpc) is 2.49. The first-order chi connectivity index (χ1) is 10.5. The van der Waals surface area contributed by atoms with Crippen molar-refractivity contribution in [2.24, 2.45) is 5.92 Å². The number of carbonyl (C=O) groups excluding carboxylic acids is 1. The second-order valence-electron chi connectivity index (χ2n) is 6.30. The van der Waals surface area contributed by atoms with E-state index in [1.54, 1.807) is 31.1 Å². The SMILES string of the molecule is CN(C)C(=O)CC1CCN(CC(O)c2ccc(F)cc2)CC1. The quantitative estimate of drug-likeness (QED) is 0.905. The van der Waals surface area contributed by atoms with Gasteiger partial charge in [0.2, 0.25) is 5.91 Å². The van der Waals surface area contributed by atoms with Gasteiger partial charge in [-0.05, 0) is 49.5 Å². The van der Waals surface area contributed by atoms with Crippen molar-refractivity contribution in [2.45, 2.75) is 25.4 Å². The van der Waals surface area contributed by atoms with Crippen LogP contribution in [0.4, 0.5) is 4.39 Å². The number of benzene rings is 1. The number of aliphatic hydroxyl groups is 1. The van der Waals surface area contributed by atoms with E-state index in [9.17, 15) is 14.3 Å². The Morgan fingerprint density at radius 1 is 1.32 bits per heavy atom. The lowest BCUT2D eigenvalue weighted by Crippen LogP contribution is -2.38. The van der Waals surface area contributed by atoms with Crippen LogP contribution >= 0.6 is 0 Å². The molecule has 1 amide bonds. The van der Waals surface area contributed by atoms with Gasteiger partial charge in [-0.25, -0.2) is 4.39 Å². The standard InChI is InChI=1S/C17H25FN2O2/c1-19(2)17(22)11-13-7-9-20(10-8-13)12-16(21)14-3-5-15(18)6-4-14/h3-6,13,16,21H,7-12H2,1-2H3. The first-order valence-corrected chi connectivity index (χ1v) is 7.81. The van der Waals surface area contributed by atoms with E-state index in [1.807, 2.05) is 0 Å². The van der Waals surface area contributed by atoms with E-state index in [1.165, 1.54) is 12.1 Å². The number of hydrogen-bond acceptors (Lipinski definition) is 3. The van der Waals surface area contributed by atoms with Gasteiger partial charge in [-0.15, -0.1) is 0 Å². The first kappa shape index (κ1) is 16.9. The monoisotopic (exact) mass is 308 g/mol. The number of β-amino-alcohol motifs (C(OH)–C–C–N with tert-alkyl or cyclic N) is 1. The van der Waals surface area contributed by atoms with Crippen molar-refractivity contribution in [1.82, 2.24) is 9.80 Å². The summed E-state index contributed by atoms with van der Waals surface area (Å²) in [5.74, 6) is 0.334. The minimum absolute atomic E-state index is 0.185. The average molecular weight is 308 g/mol. The molecule has 1 heterocycles. The van der Waals surface area contributed by atoms with Gasteiger partial charge in [0.05, 0.1) is 6.10 Å². The molecule has 1 aromatic rings. The Morgan fingerprint density at radius 2 is 1.91 bits per heavy atom. The number of carbonyl (C=O) groups is 1. The van der Waals surface area contributed by atoms with Crippen molar-refractivity contribution in [3.63, 3.8) is 0 Å². The summed E-state index contributed by atoms with van der Waals surface area (Å²) in [5, 5.41) is 10.2. The Balaban J connectivity index is 1.77. The lowest BCUT2D eigenvalue weighted by molar-refractivity contribution is -0.130. The maximum Gasteiger partial charge on any atom is 0.222 e. The van der Waals surface area contributed by atoms with E-state index < -0.39 is 6.10 Å². The van der Waals surface area contributed by atoms with Gasteiger partial charge in [-0.1, -0.05) is 12.1 Å². The third kappa shape index (κ3) is 4.78. The summed E-state index contributed by atoms with van der Waals surface area (Å²) in [6.07, 6.45) is 1.98. The summed E-state index contributed by atoms with van der Waals surface area (Å²) in [4.78, 5) is 15.6. The second-order valence-corrected chi connectivity index (χ2v) is 6.30. The summed E-state index contributed by atoms with van der Waals surface area (Å²) in [6, 6.07) is 6.00. The van der Waals surface area contributed by atoms with Crippen molar-refractivity contribution in [3.05, 3.63) is 35.6 Å². The summed E-state index contributed by atoms with van der Waals surface area (Å²) >= 11 is 0. The molecule has 1 aliphatic heterocycles. The molecule has 0 spiro atoms. The highest BCUT2D eigenvalue weighted by Crippen LogP contribution is 2.23. The molecule has 0 radical (unpaired) electrons. The zero-order chi connectivity index (χ0) is 16.1. The largest absolute Gasteiger partial charge is 0.387 e. The van der Waals surface area contributed by atoms with Crippen LogP contribution in [-0.2, 0) is 4.79 Å². The zero-order valence-corrected chi connectivity index (χ0v) is 13.3. The topological polar surface area (TPSA) is 43.8 Å².